The minimum atomic E-state index is -0.631. The van der Waals surface area contributed by atoms with Crippen LogP contribution in [0.3, 0.4) is 0 Å². The number of carbonyl (C=O) groups excluding carboxylic acids is 2. The highest BCUT2D eigenvalue weighted by atomic mass is 35.5. The van der Waals surface area contributed by atoms with Crippen LogP contribution in [0.5, 0.6) is 0 Å². The van der Waals surface area contributed by atoms with Gasteiger partial charge in [0.15, 0.2) is 11.6 Å². The van der Waals surface area contributed by atoms with Crippen LogP contribution in [0.4, 0.5) is 11.4 Å². The predicted octanol–water partition coefficient (Wildman–Crippen LogP) is 6.15. The maximum Gasteiger partial charge on any atom is 0.309 e. The fraction of sp³-hybridized carbons (Fsp3) is 0.488. The minimum Gasteiger partial charge on any atom is -0.481 e. The summed E-state index contributed by atoms with van der Waals surface area (Å²) in [6.07, 6.45) is 6.38. The van der Waals surface area contributed by atoms with E-state index in [0.717, 1.165) is 93.8 Å². The average Bonchev–Trinajstić information content (AvgIpc) is 3.92. The Kier molecular flexibility index (Phi) is 10.3. The van der Waals surface area contributed by atoms with Gasteiger partial charge in [-0.2, -0.15) is 0 Å². The Bertz CT molecular complexity index is 2220. The van der Waals surface area contributed by atoms with Gasteiger partial charge in [-0.05, 0) is 69.5 Å². The van der Waals surface area contributed by atoms with E-state index in [4.69, 9.17) is 28.2 Å². The zero-order valence-corrected chi connectivity index (χ0v) is 33.5. The number of carbonyl (C=O) groups is 3. The third kappa shape index (κ3) is 7.02. The number of aliphatic hydroxyl groups excluding tert-OH is 1. The van der Waals surface area contributed by atoms with Gasteiger partial charge in [0.2, 0.25) is 0 Å². The number of carboxylic acid groups (broad SMARTS) is 1. The predicted molar refractivity (Wildman–Crippen MR) is 214 cm³/mol. The molecule has 4 heterocycles. The molecule has 4 aromatic rings. The molecule has 0 spiro atoms. The van der Waals surface area contributed by atoms with Crippen LogP contribution in [-0.2, 0) is 44.8 Å². The zero-order valence-electron chi connectivity index (χ0n) is 32.0. The van der Waals surface area contributed by atoms with Gasteiger partial charge >= 0.3 is 5.97 Å². The fourth-order valence-electron chi connectivity index (χ4n) is 9.67. The molecule has 4 N–H and O–H groups in total. The van der Waals surface area contributed by atoms with Crippen molar-refractivity contribution in [2.45, 2.75) is 77.5 Å². The van der Waals surface area contributed by atoms with E-state index in [-0.39, 0.29) is 22.2 Å². The van der Waals surface area contributed by atoms with Crippen LogP contribution in [0.25, 0.3) is 11.1 Å². The number of aromatic nitrogens is 4. The number of hydrogen-bond donors (Lipinski definition) is 4. The maximum atomic E-state index is 13.7. The van der Waals surface area contributed by atoms with Crippen LogP contribution in [0.1, 0.15) is 89.5 Å². The third-order valence-electron chi connectivity index (χ3n) is 12.8. The van der Waals surface area contributed by atoms with E-state index in [1.807, 2.05) is 29.3 Å². The number of aliphatic hydroxyl groups is 1. The van der Waals surface area contributed by atoms with Crippen LogP contribution in [0.2, 0.25) is 10.0 Å². The van der Waals surface area contributed by atoms with Gasteiger partial charge in [0.25, 0.3) is 11.8 Å². The summed E-state index contributed by atoms with van der Waals surface area (Å²) in [6, 6.07) is 10.6. The van der Waals surface area contributed by atoms with E-state index in [1.165, 1.54) is 0 Å². The first kappa shape index (κ1) is 38.6. The second-order valence-corrected chi connectivity index (χ2v) is 17.1. The molecular formula is C41H48Cl2N8O5. The van der Waals surface area contributed by atoms with E-state index in [0.29, 0.717) is 53.0 Å². The van der Waals surface area contributed by atoms with Gasteiger partial charge in [-0.3, -0.25) is 24.2 Å². The highest BCUT2D eigenvalue weighted by Gasteiger charge is 2.57. The number of anilines is 2. The molecule has 0 unspecified atom stereocenters. The zero-order chi connectivity index (χ0) is 39.5. The molecule has 2 amide bonds. The quantitative estimate of drug-likeness (QED) is 0.140. The number of nitrogens with one attached hydrogen (secondary N) is 2. The number of carboxylic acids is 1. The Hall–Kier alpha value is -4.27. The first-order chi connectivity index (χ1) is 26.8. The number of fused-ring (bicyclic) bond motifs is 4. The van der Waals surface area contributed by atoms with Gasteiger partial charge in [-0.25, -0.2) is 9.97 Å². The van der Waals surface area contributed by atoms with Gasteiger partial charge in [-0.1, -0.05) is 47.5 Å². The lowest BCUT2D eigenvalue weighted by Crippen LogP contribution is -2.36. The molecule has 2 aliphatic heterocycles. The molecule has 1 atom stereocenters. The molecule has 0 saturated heterocycles. The van der Waals surface area contributed by atoms with Gasteiger partial charge in [-0.15, -0.1) is 0 Å². The highest BCUT2D eigenvalue weighted by Crippen LogP contribution is 2.63. The molecular weight excluding hydrogens is 755 g/mol. The largest absolute Gasteiger partial charge is 0.481 e. The van der Waals surface area contributed by atoms with Gasteiger partial charge in [0, 0.05) is 82.2 Å². The van der Waals surface area contributed by atoms with Crippen molar-refractivity contribution in [2.75, 3.05) is 36.8 Å². The molecule has 296 valence electrons. The Labute approximate surface area is 336 Å². The monoisotopic (exact) mass is 802 g/mol. The number of imidazole rings is 2. The van der Waals surface area contributed by atoms with Crippen LogP contribution < -0.4 is 10.6 Å². The standard InChI is InChI=1S/C41H48Cl2N8O5/c1-24(52)20-51-18-11-32-30(22-51)45-36(49(32)3)38(54)47-28-9-5-7-26(34(28)43)25-6-4-8-27(33(25)42)46-37(53)35-44-29-21-50(17-10-31(29)48(35)2)19-16-40-12-14-41(23-40,15-13-40)39(55)56/h4-9,24,52H,10-23H2,1-3H3,(H,46,53)(H,47,54)(H,55,56)/t24-,40?,41?/m1/s1. The first-order valence-electron chi connectivity index (χ1n) is 19.4. The topological polar surface area (TPSA) is 158 Å². The lowest BCUT2D eigenvalue weighted by atomic mass is 9.80. The molecule has 13 nitrogen and oxygen atoms in total. The SMILES string of the molecule is C[C@@H](O)CN1CCc2c(nc(C(=O)Nc3cccc(-c4cccc(NC(=O)c5nc6c(n5C)CCN(CCC57CCC(C(=O)O)(CC5)C7)C6)c4Cl)c3Cl)n2C)C1. The van der Waals surface area contributed by atoms with E-state index in [2.05, 4.69) is 25.4 Å². The van der Waals surface area contributed by atoms with E-state index >= 15 is 0 Å². The summed E-state index contributed by atoms with van der Waals surface area (Å²) in [5.74, 6) is -0.845. The third-order valence-corrected chi connectivity index (χ3v) is 13.6. The summed E-state index contributed by atoms with van der Waals surface area (Å²) in [4.78, 5) is 53.2. The van der Waals surface area contributed by atoms with Crippen molar-refractivity contribution in [3.63, 3.8) is 0 Å². The van der Waals surface area contributed by atoms with Gasteiger partial charge in [0.1, 0.15) is 0 Å². The van der Waals surface area contributed by atoms with Crippen LogP contribution in [0.15, 0.2) is 36.4 Å². The average molecular weight is 804 g/mol. The Balaban J connectivity index is 0.938. The molecule has 56 heavy (non-hydrogen) atoms. The minimum absolute atomic E-state index is 0.129. The Morgan fingerprint density at radius 3 is 1.79 bits per heavy atom. The van der Waals surface area contributed by atoms with Crippen molar-refractivity contribution in [1.82, 2.24) is 28.9 Å². The van der Waals surface area contributed by atoms with Crippen molar-refractivity contribution in [3.8, 4) is 11.1 Å². The van der Waals surface area contributed by atoms with E-state index in [9.17, 15) is 24.6 Å². The number of aliphatic carboxylic acids is 1. The molecule has 2 aromatic carbocycles. The molecule has 2 aliphatic carbocycles. The molecule has 15 heteroatoms. The summed E-state index contributed by atoms with van der Waals surface area (Å²) in [5.41, 5.74) is 5.30. The second kappa shape index (κ2) is 14.9. The van der Waals surface area contributed by atoms with Crippen LogP contribution in [0, 0.1) is 10.8 Å². The summed E-state index contributed by atoms with van der Waals surface area (Å²) in [7, 11) is 3.69. The maximum absolute atomic E-state index is 13.7. The number of amides is 2. The lowest BCUT2D eigenvalue weighted by molar-refractivity contribution is -0.148. The molecule has 0 radical (unpaired) electrons. The van der Waals surface area contributed by atoms with E-state index in [1.54, 1.807) is 37.3 Å². The summed E-state index contributed by atoms with van der Waals surface area (Å²) >= 11 is 13.9. The smallest absolute Gasteiger partial charge is 0.309 e. The second-order valence-electron chi connectivity index (χ2n) is 16.4. The number of halogens is 2. The molecule has 2 fully saturated rings. The normalized spacial score (nSPS) is 22.5. The number of rotatable bonds is 11. The van der Waals surface area contributed by atoms with Crippen molar-refractivity contribution < 1.29 is 24.6 Å². The highest BCUT2D eigenvalue weighted by molar-refractivity contribution is 6.40. The Morgan fingerprint density at radius 1 is 0.804 bits per heavy atom. The molecule has 2 saturated carbocycles. The Morgan fingerprint density at radius 2 is 1.30 bits per heavy atom. The number of hydrogen-bond acceptors (Lipinski definition) is 8. The van der Waals surface area contributed by atoms with Crippen molar-refractivity contribution in [1.29, 1.82) is 0 Å². The molecule has 4 aliphatic rings. The van der Waals surface area contributed by atoms with Crippen LogP contribution in [-0.4, -0.2) is 89.2 Å². The van der Waals surface area contributed by atoms with Gasteiger partial charge in [0.05, 0.1) is 44.3 Å². The van der Waals surface area contributed by atoms with Crippen molar-refractivity contribution in [3.05, 3.63) is 80.9 Å². The molecule has 2 bridgehead atoms. The number of nitrogens with zero attached hydrogens (tertiary/aromatic N) is 6. The lowest BCUT2D eigenvalue weighted by Gasteiger charge is -2.32. The van der Waals surface area contributed by atoms with E-state index < -0.39 is 23.4 Å². The first-order valence-corrected chi connectivity index (χ1v) is 20.2. The number of benzene rings is 2. The van der Waals surface area contributed by atoms with Crippen molar-refractivity contribution >= 4 is 52.4 Å². The summed E-state index contributed by atoms with van der Waals surface area (Å²) < 4.78 is 3.68. The molecule has 8 rings (SSSR count). The van der Waals surface area contributed by atoms with Gasteiger partial charge < -0.3 is 30.0 Å². The fourth-order valence-corrected chi connectivity index (χ4v) is 10.2. The van der Waals surface area contributed by atoms with Crippen molar-refractivity contribution in [2.24, 2.45) is 24.9 Å². The molecule has 2 aromatic heterocycles. The number of β-amino-alcohol motifs (C(OH)–C–C–N with tert-alkyl or cyclic N) is 1. The summed E-state index contributed by atoms with van der Waals surface area (Å²) in [6.45, 7) is 6.02. The summed E-state index contributed by atoms with van der Waals surface area (Å²) in [5, 5.41) is 26.1. The van der Waals surface area contributed by atoms with Crippen LogP contribution >= 0.6 is 23.2 Å².